The maximum absolute atomic E-state index is 9.60. The van der Waals surface area contributed by atoms with Crippen LogP contribution in [-0.2, 0) is 0 Å². The Morgan fingerprint density at radius 1 is 0.594 bits per heavy atom. The molecule has 4 rings (SSSR count). The van der Waals surface area contributed by atoms with Crippen LogP contribution in [-0.4, -0.2) is 10.2 Å². The third-order valence-electron chi connectivity index (χ3n) is 4.80. The number of nitrogens with two attached hydrogens (primary N) is 2. The highest BCUT2D eigenvalue weighted by Gasteiger charge is 2.12. The lowest BCUT2D eigenvalue weighted by Crippen LogP contribution is -1.93. The predicted octanol–water partition coefficient (Wildman–Crippen LogP) is 4.96. The summed E-state index contributed by atoms with van der Waals surface area (Å²) in [5.74, 6) is 7.06. The molecule has 0 aromatic heterocycles. The number of nitrogen functional groups attached to an aromatic ring is 2. The fourth-order valence-electron chi connectivity index (χ4n) is 3.23. The molecule has 0 aliphatic carbocycles. The van der Waals surface area contributed by atoms with Gasteiger partial charge in [-0.1, -0.05) is 11.8 Å². The van der Waals surface area contributed by atoms with Crippen molar-refractivity contribution >= 4 is 22.1 Å². The van der Waals surface area contributed by atoms with E-state index in [0.717, 1.165) is 0 Å². The van der Waals surface area contributed by atoms with Crippen molar-refractivity contribution in [3.8, 4) is 59.2 Å². The number of fused-ring (bicyclic) bond motifs is 1. The zero-order valence-electron chi connectivity index (χ0n) is 16.8. The van der Waals surface area contributed by atoms with Crippen molar-refractivity contribution in [1.82, 2.24) is 0 Å². The number of aromatic hydroxyl groups is 2. The van der Waals surface area contributed by atoms with Gasteiger partial charge < -0.3 is 31.2 Å². The van der Waals surface area contributed by atoms with Crippen LogP contribution < -0.4 is 20.9 Å². The maximum atomic E-state index is 9.60. The number of phenols is 2. The van der Waals surface area contributed by atoms with E-state index in [2.05, 4.69) is 11.8 Å². The summed E-state index contributed by atoms with van der Waals surface area (Å²) in [6.07, 6.45) is 11.5. The average molecular weight is 422 g/mol. The van der Waals surface area contributed by atoms with Crippen LogP contribution in [0.3, 0.4) is 0 Å². The van der Waals surface area contributed by atoms with E-state index in [-0.39, 0.29) is 22.9 Å². The summed E-state index contributed by atoms with van der Waals surface area (Å²) >= 11 is 0. The molecule has 0 amide bonds. The standard InChI is InChI=1S/C26H18N2O4/c1-3-15-9-19(31-17-5-7-25(29)23(27)13-17)12-22-16(4-2)10-20(11-21(15)22)32-18-6-8-26(30)24(28)14-18/h1-2,5-14,29-30H,27-28H2. The van der Waals surface area contributed by atoms with Gasteiger partial charge in [0.1, 0.15) is 34.5 Å². The third kappa shape index (κ3) is 3.89. The summed E-state index contributed by atoms with van der Waals surface area (Å²) in [6, 6.07) is 16.0. The van der Waals surface area contributed by atoms with Crippen LogP contribution in [0.25, 0.3) is 10.8 Å². The number of phenolic OH excluding ortho intramolecular Hbond substituents is 2. The van der Waals surface area contributed by atoms with Crippen molar-refractivity contribution in [2.75, 3.05) is 11.5 Å². The van der Waals surface area contributed by atoms with Crippen LogP contribution in [0, 0.1) is 24.7 Å². The monoisotopic (exact) mass is 422 g/mol. The van der Waals surface area contributed by atoms with Crippen LogP contribution in [0.4, 0.5) is 11.4 Å². The number of rotatable bonds is 4. The molecule has 0 saturated heterocycles. The molecule has 6 nitrogen and oxygen atoms in total. The predicted molar refractivity (Wildman–Crippen MR) is 125 cm³/mol. The molecule has 0 saturated carbocycles. The Morgan fingerprint density at radius 2 is 1.00 bits per heavy atom. The van der Waals surface area contributed by atoms with Crippen LogP contribution >= 0.6 is 0 Å². The molecule has 0 bridgehead atoms. The summed E-state index contributed by atoms with van der Waals surface area (Å²) in [5.41, 5.74) is 13.0. The van der Waals surface area contributed by atoms with E-state index in [1.807, 2.05) is 0 Å². The fraction of sp³-hybridized carbons (Fsp3) is 0. The highest BCUT2D eigenvalue weighted by molar-refractivity contribution is 5.95. The molecule has 32 heavy (non-hydrogen) atoms. The largest absolute Gasteiger partial charge is 0.506 e. The quantitative estimate of drug-likeness (QED) is 0.210. The molecule has 4 aromatic carbocycles. The third-order valence-corrected chi connectivity index (χ3v) is 4.80. The van der Waals surface area contributed by atoms with Crippen molar-refractivity contribution in [1.29, 1.82) is 0 Å². The second kappa shape index (κ2) is 8.06. The molecule has 0 radical (unpaired) electrons. The van der Waals surface area contributed by atoms with Crippen molar-refractivity contribution in [3.63, 3.8) is 0 Å². The molecule has 0 aliphatic rings. The van der Waals surface area contributed by atoms with Crippen LogP contribution in [0.1, 0.15) is 11.1 Å². The van der Waals surface area contributed by atoms with Gasteiger partial charge in [-0.25, -0.2) is 0 Å². The zero-order chi connectivity index (χ0) is 22.8. The lowest BCUT2D eigenvalue weighted by molar-refractivity contribution is 0.466. The Bertz CT molecular complexity index is 1330. The first kappa shape index (κ1) is 20.3. The first-order valence-corrected chi connectivity index (χ1v) is 9.45. The molecule has 6 heteroatoms. The molecule has 0 aliphatic heterocycles. The van der Waals surface area contributed by atoms with Crippen molar-refractivity contribution in [3.05, 3.63) is 71.8 Å². The van der Waals surface area contributed by atoms with Gasteiger partial charge in [-0.2, -0.15) is 0 Å². The Morgan fingerprint density at radius 3 is 1.34 bits per heavy atom. The van der Waals surface area contributed by atoms with Crippen molar-refractivity contribution in [2.24, 2.45) is 0 Å². The van der Waals surface area contributed by atoms with E-state index in [0.29, 0.717) is 44.9 Å². The fourth-order valence-corrected chi connectivity index (χ4v) is 3.23. The highest BCUT2D eigenvalue weighted by Crippen LogP contribution is 2.36. The van der Waals surface area contributed by atoms with Gasteiger partial charge in [0.2, 0.25) is 0 Å². The lowest BCUT2D eigenvalue weighted by Gasteiger charge is -2.13. The number of ether oxygens (including phenoxy) is 2. The van der Waals surface area contributed by atoms with Gasteiger partial charge in [0.05, 0.1) is 11.4 Å². The summed E-state index contributed by atoms with van der Waals surface area (Å²) in [5, 5.41) is 20.6. The minimum Gasteiger partial charge on any atom is -0.506 e. The van der Waals surface area contributed by atoms with Gasteiger partial charge in [0, 0.05) is 34.0 Å². The minimum atomic E-state index is -0.0299. The molecule has 0 spiro atoms. The van der Waals surface area contributed by atoms with Gasteiger partial charge in [-0.05, 0) is 48.5 Å². The van der Waals surface area contributed by atoms with Crippen molar-refractivity contribution < 1.29 is 19.7 Å². The molecular formula is C26H18N2O4. The Kier molecular flexibility index (Phi) is 5.12. The van der Waals surface area contributed by atoms with E-state index < -0.39 is 0 Å². The average Bonchev–Trinajstić information content (AvgIpc) is 2.78. The number of hydrogen-bond donors (Lipinski definition) is 4. The van der Waals surface area contributed by atoms with Gasteiger partial charge in [-0.15, -0.1) is 12.8 Å². The normalized spacial score (nSPS) is 10.3. The number of anilines is 2. The van der Waals surface area contributed by atoms with Crippen LogP contribution in [0.2, 0.25) is 0 Å². The summed E-state index contributed by atoms with van der Waals surface area (Å²) in [4.78, 5) is 0. The van der Waals surface area contributed by atoms with E-state index in [4.69, 9.17) is 33.8 Å². The van der Waals surface area contributed by atoms with Gasteiger partial charge in [-0.3, -0.25) is 0 Å². The van der Waals surface area contributed by atoms with E-state index in [1.165, 1.54) is 24.3 Å². The summed E-state index contributed by atoms with van der Waals surface area (Å²) in [6.45, 7) is 0. The van der Waals surface area contributed by atoms with Crippen molar-refractivity contribution in [2.45, 2.75) is 0 Å². The molecule has 0 fully saturated rings. The van der Waals surface area contributed by atoms with E-state index in [1.54, 1.807) is 36.4 Å². The number of hydrogen-bond acceptors (Lipinski definition) is 6. The van der Waals surface area contributed by atoms with Crippen LogP contribution in [0.15, 0.2) is 60.7 Å². The Balaban J connectivity index is 1.77. The second-order valence-electron chi connectivity index (χ2n) is 6.97. The van der Waals surface area contributed by atoms with Gasteiger partial charge in [0.15, 0.2) is 0 Å². The molecule has 6 N–H and O–H groups in total. The smallest absolute Gasteiger partial charge is 0.138 e. The first-order chi connectivity index (χ1) is 15.4. The second-order valence-corrected chi connectivity index (χ2v) is 6.97. The molecule has 0 atom stereocenters. The highest BCUT2D eigenvalue weighted by atomic mass is 16.5. The molecule has 0 heterocycles. The molecular weight excluding hydrogens is 404 g/mol. The maximum Gasteiger partial charge on any atom is 0.138 e. The number of terminal acetylenes is 2. The number of benzene rings is 4. The Labute approximate surface area is 184 Å². The van der Waals surface area contributed by atoms with Gasteiger partial charge in [0.25, 0.3) is 0 Å². The van der Waals surface area contributed by atoms with Gasteiger partial charge >= 0.3 is 0 Å². The zero-order valence-corrected chi connectivity index (χ0v) is 16.8. The SMILES string of the molecule is C#Cc1cc(Oc2ccc(O)c(N)c2)cc2c(C#C)cc(Oc3ccc(O)c(N)c3)cc12. The molecule has 0 unspecified atom stereocenters. The minimum absolute atomic E-state index is 0.0299. The summed E-state index contributed by atoms with van der Waals surface area (Å²) in [7, 11) is 0. The lowest BCUT2D eigenvalue weighted by atomic mass is 9.99. The topological polar surface area (TPSA) is 111 Å². The van der Waals surface area contributed by atoms with E-state index in [9.17, 15) is 10.2 Å². The first-order valence-electron chi connectivity index (χ1n) is 9.45. The van der Waals surface area contributed by atoms with Crippen LogP contribution in [0.5, 0.6) is 34.5 Å². The molecule has 4 aromatic rings. The Hall–Kier alpha value is -4.94. The van der Waals surface area contributed by atoms with E-state index >= 15 is 0 Å². The summed E-state index contributed by atoms with van der Waals surface area (Å²) < 4.78 is 11.8. The molecule has 156 valence electrons.